The molecule has 16 heavy (non-hydrogen) atoms. The Morgan fingerprint density at radius 2 is 1.94 bits per heavy atom. The van der Waals surface area contributed by atoms with E-state index in [4.69, 9.17) is 4.74 Å². The van der Waals surface area contributed by atoms with Gasteiger partial charge in [-0.2, -0.15) is 0 Å². The second-order valence-electron chi connectivity index (χ2n) is 4.39. The number of benzene rings is 1. The summed E-state index contributed by atoms with van der Waals surface area (Å²) >= 11 is 0. The van der Waals surface area contributed by atoms with Gasteiger partial charge in [0.1, 0.15) is 0 Å². The van der Waals surface area contributed by atoms with Crippen molar-refractivity contribution in [1.82, 2.24) is 0 Å². The Balaban J connectivity index is 2.15. The van der Waals surface area contributed by atoms with Crippen LogP contribution in [0, 0.1) is 12.8 Å². The highest BCUT2D eigenvalue weighted by atomic mass is 32.2. The zero-order valence-corrected chi connectivity index (χ0v) is 10.3. The van der Waals surface area contributed by atoms with Crippen LogP contribution >= 0.6 is 0 Å². The molecule has 0 radical (unpaired) electrons. The second-order valence-corrected chi connectivity index (χ2v) is 6.43. The summed E-state index contributed by atoms with van der Waals surface area (Å²) in [5.41, 5.74) is 1.07. The molecule has 0 bridgehead atoms. The first kappa shape index (κ1) is 11.6. The van der Waals surface area contributed by atoms with Crippen molar-refractivity contribution in [2.45, 2.75) is 24.8 Å². The van der Waals surface area contributed by atoms with Gasteiger partial charge in [0, 0.05) is 5.92 Å². The van der Waals surface area contributed by atoms with E-state index in [2.05, 4.69) is 0 Å². The van der Waals surface area contributed by atoms with E-state index in [9.17, 15) is 8.42 Å². The molecule has 2 unspecified atom stereocenters. The summed E-state index contributed by atoms with van der Waals surface area (Å²) < 4.78 is 29.3. The molecular weight excluding hydrogens is 224 g/mol. The molecule has 1 aromatic rings. The summed E-state index contributed by atoms with van der Waals surface area (Å²) in [6.07, 6.45) is 0.0697. The molecule has 0 saturated carbocycles. The van der Waals surface area contributed by atoms with E-state index < -0.39 is 9.84 Å². The summed E-state index contributed by atoms with van der Waals surface area (Å²) in [6, 6.07) is 7.00. The first-order valence-corrected chi connectivity index (χ1v) is 7.05. The fourth-order valence-corrected chi connectivity index (χ4v) is 3.41. The van der Waals surface area contributed by atoms with Crippen LogP contribution in [0.15, 0.2) is 29.2 Å². The Kier molecular flexibility index (Phi) is 3.04. The van der Waals surface area contributed by atoms with Gasteiger partial charge in [0.25, 0.3) is 0 Å². The molecule has 1 saturated heterocycles. The van der Waals surface area contributed by atoms with Gasteiger partial charge in [-0.05, 0) is 26.0 Å². The van der Waals surface area contributed by atoms with Crippen LogP contribution in [0.3, 0.4) is 0 Å². The molecule has 1 heterocycles. The highest BCUT2D eigenvalue weighted by molar-refractivity contribution is 7.91. The van der Waals surface area contributed by atoms with Gasteiger partial charge in [0.05, 0.1) is 23.4 Å². The lowest BCUT2D eigenvalue weighted by molar-refractivity contribution is -0.0920. The molecule has 0 amide bonds. The Bertz CT molecular complexity index is 462. The lowest BCUT2D eigenvalue weighted by Gasteiger charge is -2.33. The van der Waals surface area contributed by atoms with Crippen molar-refractivity contribution in [3.8, 4) is 0 Å². The van der Waals surface area contributed by atoms with E-state index in [0.717, 1.165) is 5.56 Å². The largest absolute Gasteiger partial charge is 0.378 e. The minimum atomic E-state index is -3.15. The second kappa shape index (κ2) is 4.18. The Labute approximate surface area is 96.4 Å². The number of rotatable bonds is 3. The predicted octanol–water partition coefficient (Wildman–Crippen LogP) is 1.80. The molecule has 88 valence electrons. The molecule has 0 spiro atoms. The van der Waals surface area contributed by atoms with E-state index in [0.29, 0.717) is 11.5 Å². The minimum Gasteiger partial charge on any atom is -0.378 e. The fourth-order valence-electron chi connectivity index (χ4n) is 1.73. The number of sulfone groups is 1. The van der Waals surface area contributed by atoms with Crippen molar-refractivity contribution in [1.29, 1.82) is 0 Å². The van der Waals surface area contributed by atoms with Gasteiger partial charge in [0.15, 0.2) is 9.84 Å². The van der Waals surface area contributed by atoms with E-state index in [1.165, 1.54) is 0 Å². The Morgan fingerprint density at radius 3 is 2.38 bits per heavy atom. The normalized spacial score (nSPS) is 25.1. The molecule has 1 aliphatic heterocycles. The van der Waals surface area contributed by atoms with Crippen molar-refractivity contribution in [3.05, 3.63) is 29.8 Å². The predicted molar refractivity (Wildman–Crippen MR) is 62.1 cm³/mol. The first-order chi connectivity index (χ1) is 7.49. The van der Waals surface area contributed by atoms with Crippen LogP contribution in [0.1, 0.15) is 12.5 Å². The van der Waals surface area contributed by atoms with Gasteiger partial charge in [-0.15, -0.1) is 0 Å². The van der Waals surface area contributed by atoms with Crippen molar-refractivity contribution in [2.24, 2.45) is 5.92 Å². The van der Waals surface area contributed by atoms with Gasteiger partial charge in [0.2, 0.25) is 0 Å². The van der Waals surface area contributed by atoms with Gasteiger partial charge in [-0.3, -0.25) is 0 Å². The molecule has 4 heteroatoms. The van der Waals surface area contributed by atoms with E-state index in [1.807, 2.05) is 26.0 Å². The van der Waals surface area contributed by atoms with Crippen molar-refractivity contribution >= 4 is 9.84 Å². The molecule has 0 N–H and O–H groups in total. The van der Waals surface area contributed by atoms with Crippen LogP contribution in [0.25, 0.3) is 0 Å². The number of hydrogen-bond donors (Lipinski definition) is 0. The van der Waals surface area contributed by atoms with E-state index >= 15 is 0 Å². The quantitative estimate of drug-likeness (QED) is 0.809. The summed E-state index contributed by atoms with van der Waals surface area (Å²) in [6.45, 7) is 4.42. The van der Waals surface area contributed by atoms with Crippen LogP contribution in [0.2, 0.25) is 0 Å². The average Bonchev–Trinajstić information content (AvgIpc) is 2.25. The molecule has 3 nitrogen and oxygen atoms in total. The summed E-state index contributed by atoms with van der Waals surface area (Å²) in [4.78, 5) is 0.414. The lowest BCUT2D eigenvalue weighted by atomic mass is 10.0. The maximum Gasteiger partial charge on any atom is 0.178 e. The minimum absolute atomic E-state index is 0.0697. The van der Waals surface area contributed by atoms with Gasteiger partial charge < -0.3 is 4.74 Å². The summed E-state index contributed by atoms with van der Waals surface area (Å²) in [7, 11) is -3.15. The van der Waals surface area contributed by atoms with Crippen LogP contribution in [0.4, 0.5) is 0 Å². The number of ether oxygens (including phenoxy) is 1. The molecule has 0 aliphatic carbocycles. The number of aryl methyl sites for hydroxylation is 1. The van der Waals surface area contributed by atoms with E-state index in [1.54, 1.807) is 12.1 Å². The third-order valence-corrected chi connectivity index (χ3v) is 4.91. The molecule has 1 aliphatic rings. The Morgan fingerprint density at radius 1 is 1.31 bits per heavy atom. The molecule has 2 atom stereocenters. The monoisotopic (exact) mass is 240 g/mol. The average molecular weight is 240 g/mol. The molecule has 1 aromatic carbocycles. The molecule has 0 aromatic heterocycles. The molecule has 2 rings (SSSR count). The first-order valence-electron chi connectivity index (χ1n) is 5.40. The third kappa shape index (κ3) is 2.28. The maximum absolute atomic E-state index is 12.0. The van der Waals surface area contributed by atoms with Gasteiger partial charge in [-0.25, -0.2) is 8.42 Å². The fraction of sp³-hybridized carbons (Fsp3) is 0.500. The zero-order chi connectivity index (χ0) is 11.8. The van der Waals surface area contributed by atoms with Crippen molar-refractivity contribution in [3.63, 3.8) is 0 Å². The van der Waals surface area contributed by atoms with Crippen LogP contribution in [-0.2, 0) is 14.6 Å². The van der Waals surface area contributed by atoms with Crippen molar-refractivity contribution < 1.29 is 13.2 Å². The SMILES string of the molecule is Cc1ccc(S(=O)(=O)CC2COC2C)cc1. The summed E-state index contributed by atoms with van der Waals surface area (Å²) in [5.74, 6) is 0.336. The maximum atomic E-state index is 12.0. The van der Waals surface area contributed by atoms with Crippen LogP contribution in [0.5, 0.6) is 0 Å². The lowest BCUT2D eigenvalue weighted by Crippen LogP contribution is -2.41. The van der Waals surface area contributed by atoms with Crippen LogP contribution < -0.4 is 0 Å². The number of hydrogen-bond acceptors (Lipinski definition) is 3. The summed E-state index contributed by atoms with van der Waals surface area (Å²) in [5, 5.41) is 0. The highest BCUT2D eigenvalue weighted by Crippen LogP contribution is 2.24. The smallest absolute Gasteiger partial charge is 0.178 e. The molecule has 1 fully saturated rings. The zero-order valence-electron chi connectivity index (χ0n) is 9.51. The highest BCUT2D eigenvalue weighted by Gasteiger charge is 2.32. The Hall–Kier alpha value is -0.870. The third-order valence-electron chi connectivity index (χ3n) is 3.05. The molecular formula is C12H16O3S. The standard InChI is InChI=1S/C12H16O3S/c1-9-3-5-12(6-4-9)16(13,14)8-11-7-15-10(11)2/h3-6,10-11H,7-8H2,1-2H3. The topological polar surface area (TPSA) is 43.4 Å². The van der Waals surface area contributed by atoms with E-state index in [-0.39, 0.29) is 17.8 Å². The van der Waals surface area contributed by atoms with Crippen molar-refractivity contribution in [2.75, 3.05) is 12.4 Å². The van der Waals surface area contributed by atoms with Crippen LogP contribution in [-0.4, -0.2) is 26.9 Å². The van der Waals surface area contributed by atoms with Gasteiger partial charge >= 0.3 is 0 Å². The van der Waals surface area contributed by atoms with Gasteiger partial charge in [-0.1, -0.05) is 17.7 Å².